The van der Waals surface area contributed by atoms with Crippen LogP contribution in [0.4, 0.5) is 0 Å². The maximum Gasteiger partial charge on any atom is 0.199 e. The van der Waals surface area contributed by atoms with Crippen molar-refractivity contribution in [2.45, 2.75) is 19.5 Å². The lowest BCUT2D eigenvalue weighted by atomic mass is 10.2. The van der Waals surface area contributed by atoms with E-state index in [1.54, 1.807) is 0 Å². The van der Waals surface area contributed by atoms with E-state index in [1.165, 1.54) is 12.8 Å². The maximum absolute atomic E-state index is 6.26. The largest absolute Gasteiger partial charge is 0.303 e. The molecule has 1 aromatic heterocycles. The lowest BCUT2D eigenvalue weighted by molar-refractivity contribution is 0.253. The molecule has 106 valence electrons. The number of hydrogen-bond acceptors (Lipinski definition) is 3. The Hall–Kier alpha value is -1.17. The molecular formula is C14H17ClN4S. The van der Waals surface area contributed by atoms with E-state index in [9.17, 15) is 0 Å². The first-order chi connectivity index (χ1) is 9.66. The summed E-state index contributed by atoms with van der Waals surface area (Å²) in [5, 5.41) is 5.35. The van der Waals surface area contributed by atoms with Gasteiger partial charge in [-0.3, -0.25) is 4.90 Å². The van der Waals surface area contributed by atoms with Crippen molar-refractivity contribution in [2.24, 2.45) is 7.05 Å². The fourth-order valence-electron chi connectivity index (χ4n) is 2.57. The molecule has 0 N–H and O–H groups in total. The number of likely N-dealkylation sites (tertiary alicyclic amines) is 1. The zero-order valence-corrected chi connectivity index (χ0v) is 13.0. The summed E-state index contributed by atoms with van der Waals surface area (Å²) in [6, 6.07) is 7.73. The van der Waals surface area contributed by atoms with Gasteiger partial charge in [-0.25, -0.2) is 4.68 Å². The van der Waals surface area contributed by atoms with Crippen LogP contribution in [0, 0.1) is 4.77 Å². The van der Waals surface area contributed by atoms with Crippen LogP contribution in [0.25, 0.3) is 11.4 Å². The van der Waals surface area contributed by atoms with E-state index in [0.717, 1.165) is 35.9 Å². The number of aromatic nitrogens is 3. The third-order valence-corrected chi connectivity index (χ3v) is 4.50. The Balaban J connectivity index is 1.97. The Morgan fingerprint density at radius 3 is 2.65 bits per heavy atom. The van der Waals surface area contributed by atoms with E-state index < -0.39 is 0 Å². The highest BCUT2D eigenvalue weighted by molar-refractivity contribution is 7.71. The molecule has 2 heterocycles. The zero-order chi connectivity index (χ0) is 14.1. The molecule has 0 spiro atoms. The number of halogens is 1. The van der Waals surface area contributed by atoms with Gasteiger partial charge in [0.2, 0.25) is 0 Å². The number of hydrogen-bond donors (Lipinski definition) is 0. The molecule has 1 aliphatic heterocycles. The average Bonchev–Trinajstić information content (AvgIpc) is 3.04. The van der Waals surface area contributed by atoms with Gasteiger partial charge >= 0.3 is 0 Å². The summed E-state index contributed by atoms with van der Waals surface area (Å²) in [6.07, 6.45) is 2.52. The van der Waals surface area contributed by atoms with Crippen molar-refractivity contribution >= 4 is 23.8 Å². The van der Waals surface area contributed by atoms with E-state index in [0.29, 0.717) is 5.02 Å². The van der Waals surface area contributed by atoms with Crippen LogP contribution in [0.1, 0.15) is 12.8 Å². The highest BCUT2D eigenvalue weighted by atomic mass is 35.5. The van der Waals surface area contributed by atoms with Gasteiger partial charge in [-0.2, -0.15) is 5.10 Å². The first-order valence-electron chi connectivity index (χ1n) is 6.78. The third kappa shape index (κ3) is 2.53. The highest BCUT2D eigenvalue weighted by Crippen LogP contribution is 2.26. The summed E-state index contributed by atoms with van der Waals surface area (Å²) < 4.78 is 4.54. The first kappa shape index (κ1) is 13.8. The Morgan fingerprint density at radius 2 is 1.95 bits per heavy atom. The van der Waals surface area contributed by atoms with Crippen molar-refractivity contribution in [2.75, 3.05) is 13.1 Å². The van der Waals surface area contributed by atoms with Crippen LogP contribution in [-0.4, -0.2) is 32.3 Å². The number of nitrogens with zero attached hydrogens (tertiary/aromatic N) is 4. The normalized spacial score (nSPS) is 15.9. The minimum Gasteiger partial charge on any atom is -0.303 e. The van der Waals surface area contributed by atoms with Gasteiger partial charge in [-0.15, -0.1) is 0 Å². The van der Waals surface area contributed by atoms with Gasteiger partial charge in [0.15, 0.2) is 10.6 Å². The van der Waals surface area contributed by atoms with Crippen molar-refractivity contribution in [1.82, 2.24) is 19.2 Å². The maximum atomic E-state index is 6.26. The van der Waals surface area contributed by atoms with Crippen molar-refractivity contribution in [3.05, 3.63) is 34.1 Å². The van der Waals surface area contributed by atoms with Crippen molar-refractivity contribution < 1.29 is 0 Å². The average molecular weight is 309 g/mol. The molecule has 1 aliphatic rings. The van der Waals surface area contributed by atoms with E-state index in [4.69, 9.17) is 23.8 Å². The zero-order valence-electron chi connectivity index (χ0n) is 11.4. The van der Waals surface area contributed by atoms with Gasteiger partial charge in [0, 0.05) is 12.6 Å². The summed E-state index contributed by atoms with van der Waals surface area (Å²) in [7, 11) is 1.94. The van der Waals surface area contributed by atoms with Gasteiger partial charge in [-0.1, -0.05) is 23.7 Å². The monoisotopic (exact) mass is 308 g/mol. The summed E-state index contributed by atoms with van der Waals surface area (Å²) >= 11 is 11.7. The van der Waals surface area contributed by atoms with Crippen molar-refractivity contribution in [3.8, 4) is 11.4 Å². The molecule has 0 radical (unpaired) electrons. The summed E-state index contributed by atoms with van der Waals surface area (Å²) in [6.45, 7) is 3.01. The van der Waals surface area contributed by atoms with Crippen LogP contribution in [-0.2, 0) is 13.7 Å². The Morgan fingerprint density at radius 1 is 1.25 bits per heavy atom. The molecule has 0 unspecified atom stereocenters. The van der Waals surface area contributed by atoms with Crippen molar-refractivity contribution in [3.63, 3.8) is 0 Å². The number of benzene rings is 1. The predicted octanol–water partition coefficient (Wildman–Crippen LogP) is 3.32. The molecular weight excluding hydrogens is 292 g/mol. The standard InChI is InChI=1S/C14H17ClN4S/c1-17-13(11-6-2-3-7-12(11)15)16-19(14(17)20)10-18-8-4-5-9-18/h2-3,6-7H,4-5,8-10H2,1H3. The highest BCUT2D eigenvalue weighted by Gasteiger charge is 2.16. The fourth-order valence-corrected chi connectivity index (χ4v) is 2.98. The molecule has 0 aliphatic carbocycles. The molecule has 20 heavy (non-hydrogen) atoms. The molecule has 1 fully saturated rings. The molecule has 0 bridgehead atoms. The van der Waals surface area contributed by atoms with Crippen LogP contribution in [0.3, 0.4) is 0 Å². The molecule has 3 rings (SSSR count). The lowest BCUT2D eigenvalue weighted by Gasteiger charge is -2.13. The SMILES string of the molecule is Cn1c(-c2ccccc2Cl)nn(CN2CCCC2)c1=S. The van der Waals surface area contributed by atoms with Gasteiger partial charge in [0.25, 0.3) is 0 Å². The third-order valence-electron chi connectivity index (χ3n) is 3.69. The summed E-state index contributed by atoms with van der Waals surface area (Å²) in [5.74, 6) is 0.819. The quantitative estimate of drug-likeness (QED) is 0.814. The van der Waals surface area contributed by atoms with E-state index in [1.807, 2.05) is 40.6 Å². The predicted molar refractivity (Wildman–Crippen MR) is 83.3 cm³/mol. The van der Waals surface area contributed by atoms with Gasteiger partial charge in [-0.05, 0) is 50.3 Å². The smallest absolute Gasteiger partial charge is 0.199 e. The van der Waals surface area contributed by atoms with Gasteiger partial charge in [0.05, 0.1) is 11.7 Å². The van der Waals surface area contributed by atoms with Crippen LogP contribution < -0.4 is 0 Å². The molecule has 2 aromatic rings. The summed E-state index contributed by atoms with van der Waals surface area (Å²) in [4.78, 5) is 2.37. The molecule has 1 saturated heterocycles. The van der Waals surface area contributed by atoms with Gasteiger partial charge < -0.3 is 4.57 Å². The molecule has 4 nitrogen and oxygen atoms in total. The van der Waals surface area contributed by atoms with E-state index in [2.05, 4.69) is 10.00 Å². The second-order valence-corrected chi connectivity index (χ2v) is 5.88. The van der Waals surface area contributed by atoms with Gasteiger partial charge in [0.1, 0.15) is 0 Å². The molecule has 6 heteroatoms. The Bertz CT molecular complexity index is 670. The molecule has 0 amide bonds. The van der Waals surface area contributed by atoms with Crippen molar-refractivity contribution in [1.29, 1.82) is 0 Å². The Kier molecular flexibility index (Phi) is 3.92. The first-order valence-corrected chi connectivity index (χ1v) is 7.56. The number of rotatable bonds is 3. The van der Waals surface area contributed by atoms with Crippen LogP contribution in [0.5, 0.6) is 0 Å². The van der Waals surface area contributed by atoms with E-state index in [-0.39, 0.29) is 0 Å². The molecule has 0 saturated carbocycles. The lowest BCUT2D eigenvalue weighted by Crippen LogP contribution is -2.23. The minimum atomic E-state index is 0.698. The van der Waals surface area contributed by atoms with E-state index >= 15 is 0 Å². The summed E-state index contributed by atoms with van der Waals surface area (Å²) in [5.41, 5.74) is 0.919. The fraction of sp³-hybridized carbons (Fsp3) is 0.429. The van der Waals surface area contributed by atoms with Crippen LogP contribution in [0.15, 0.2) is 24.3 Å². The molecule has 0 atom stereocenters. The topological polar surface area (TPSA) is 26.0 Å². The minimum absolute atomic E-state index is 0.698. The second kappa shape index (κ2) is 5.68. The Labute approximate surface area is 128 Å². The molecule has 1 aromatic carbocycles. The van der Waals surface area contributed by atoms with Crippen LogP contribution >= 0.6 is 23.8 Å². The second-order valence-electron chi connectivity index (χ2n) is 5.11. The van der Waals surface area contributed by atoms with Crippen LogP contribution in [0.2, 0.25) is 5.02 Å².